The Kier molecular flexibility index (Phi) is 1.77. The van der Waals surface area contributed by atoms with E-state index < -0.39 is 0 Å². The van der Waals surface area contributed by atoms with Crippen molar-refractivity contribution in [1.82, 2.24) is 9.78 Å². The van der Waals surface area contributed by atoms with Gasteiger partial charge in [-0.05, 0) is 19.1 Å². The first-order valence-electron chi connectivity index (χ1n) is 4.08. The van der Waals surface area contributed by atoms with E-state index in [1.165, 1.54) is 6.20 Å². The summed E-state index contributed by atoms with van der Waals surface area (Å²) in [7, 11) is 0. The fraction of sp³-hybridized carbons (Fsp3) is 0.100. The highest BCUT2D eigenvalue weighted by atomic mass is 16.3. The van der Waals surface area contributed by atoms with E-state index in [-0.39, 0.29) is 5.75 Å². The summed E-state index contributed by atoms with van der Waals surface area (Å²) in [5.41, 5.74) is 1.71. The lowest BCUT2D eigenvalue weighted by molar-refractivity contribution is 0.470. The highest BCUT2D eigenvalue weighted by molar-refractivity contribution is 5.35. The van der Waals surface area contributed by atoms with Gasteiger partial charge in [-0.2, -0.15) is 5.10 Å². The third-order valence-corrected chi connectivity index (χ3v) is 1.98. The molecule has 0 aliphatic carbocycles. The number of benzene rings is 1. The van der Waals surface area contributed by atoms with Gasteiger partial charge in [-0.15, -0.1) is 0 Å². The van der Waals surface area contributed by atoms with Crippen LogP contribution in [-0.4, -0.2) is 14.9 Å². The van der Waals surface area contributed by atoms with Crippen molar-refractivity contribution in [2.24, 2.45) is 0 Å². The number of rotatable bonds is 1. The van der Waals surface area contributed by atoms with E-state index in [1.54, 1.807) is 4.68 Å². The minimum absolute atomic E-state index is 0.226. The van der Waals surface area contributed by atoms with Crippen LogP contribution in [0.1, 0.15) is 5.69 Å². The number of hydrogen-bond acceptors (Lipinski definition) is 2. The Morgan fingerprint density at radius 2 is 1.92 bits per heavy atom. The molecule has 0 unspecified atom stereocenters. The second-order valence-electron chi connectivity index (χ2n) is 2.86. The summed E-state index contributed by atoms with van der Waals surface area (Å²) >= 11 is 0. The average molecular weight is 174 g/mol. The number of aromatic hydroxyl groups is 1. The molecular formula is C10H10N2O. The molecule has 1 heterocycles. The number of para-hydroxylation sites is 1. The molecule has 1 N–H and O–H groups in total. The normalized spacial score (nSPS) is 10.2. The van der Waals surface area contributed by atoms with Crippen molar-refractivity contribution >= 4 is 0 Å². The molecule has 3 heteroatoms. The number of hydrogen-bond donors (Lipinski definition) is 1. The van der Waals surface area contributed by atoms with Gasteiger partial charge in [0.15, 0.2) is 5.75 Å². The molecule has 0 atom stereocenters. The summed E-state index contributed by atoms with van der Waals surface area (Å²) < 4.78 is 1.70. The van der Waals surface area contributed by atoms with Crippen molar-refractivity contribution in [1.29, 1.82) is 0 Å². The molecule has 0 spiro atoms. The van der Waals surface area contributed by atoms with Gasteiger partial charge in [0, 0.05) is 0 Å². The lowest BCUT2D eigenvalue weighted by Crippen LogP contribution is -1.97. The number of nitrogens with zero attached hydrogens (tertiary/aromatic N) is 2. The summed E-state index contributed by atoms with van der Waals surface area (Å²) in [6, 6.07) is 9.71. The topological polar surface area (TPSA) is 38.1 Å². The van der Waals surface area contributed by atoms with E-state index in [0.717, 1.165) is 11.4 Å². The fourth-order valence-electron chi connectivity index (χ4n) is 1.23. The summed E-state index contributed by atoms with van der Waals surface area (Å²) in [5, 5.41) is 13.4. The maximum atomic E-state index is 9.32. The minimum Gasteiger partial charge on any atom is -0.504 e. The van der Waals surface area contributed by atoms with Gasteiger partial charge in [-0.1, -0.05) is 18.2 Å². The molecule has 0 amide bonds. The van der Waals surface area contributed by atoms with Crippen LogP contribution in [0.3, 0.4) is 0 Å². The lowest BCUT2D eigenvalue weighted by atomic mass is 10.3. The molecule has 0 aliphatic heterocycles. The van der Waals surface area contributed by atoms with Crippen LogP contribution in [0.5, 0.6) is 5.75 Å². The zero-order valence-electron chi connectivity index (χ0n) is 7.31. The lowest BCUT2D eigenvalue weighted by Gasteiger charge is -2.02. The van der Waals surface area contributed by atoms with Gasteiger partial charge < -0.3 is 5.11 Å². The van der Waals surface area contributed by atoms with Gasteiger partial charge in [0.1, 0.15) is 0 Å². The molecule has 0 aliphatic rings. The van der Waals surface area contributed by atoms with Gasteiger partial charge in [-0.3, -0.25) is 0 Å². The van der Waals surface area contributed by atoms with Gasteiger partial charge >= 0.3 is 0 Å². The average Bonchev–Trinajstić information content (AvgIpc) is 2.49. The van der Waals surface area contributed by atoms with Crippen molar-refractivity contribution in [3.8, 4) is 11.4 Å². The highest BCUT2D eigenvalue weighted by Gasteiger charge is 2.04. The van der Waals surface area contributed by atoms with Crippen LogP contribution in [0.15, 0.2) is 36.5 Å². The smallest absolute Gasteiger partial charge is 0.156 e. The van der Waals surface area contributed by atoms with Gasteiger partial charge in [0.2, 0.25) is 0 Å². The molecule has 0 radical (unpaired) electrons. The minimum atomic E-state index is 0.226. The molecule has 0 saturated carbocycles. The van der Waals surface area contributed by atoms with Crippen LogP contribution in [0.25, 0.3) is 5.69 Å². The SMILES string of the molecule is Cc1c(O)cnn1-c1ccccc1. The van der Waals surface area contributed by atoms with E-state index in [2.05, 4.69) is 5.10 Å². The second-order valence-corrected chi connectivity index (χ2v) is 2.86. The fourth-order valence-corrected chi connectivity index (χ4v) is 1.23. The Bertz CT molecular complexity index is 406. The van der Waals surface area contributed by atoms with Crippen LogP contribution < -0.4 is 0 Å². The molecule has 3 nitrogen and oxygen atoms in total. The van der Waals surface area contributed by atoms with Crippen LogP contribution in [0.2, 0.25) is 0 Å². The Hall–Kier alpha value is -1.77. The molecule has 0 fully saturated rings. The molecule has 2 rings (SSSR count). The monoisotopic (exact) mass is 174 g/mol. The summed E-state index contributed by atoms with van der Waals surface area (Å²) in [5.74, 6) is 0.226. The van der Waals surface area contributed by atoms with E-state index in [0.29, 0.717) is 0 Å². The van der Waals surface area contributed by atoms with Crippen molar-refractivity contribution in [3.63, 3.8) is 0 Å². The second kappa shape index (κ2) is 2.94. The van der Waals surface area contributed by atoms with Crippen LogP contribution in [0, 0.1) is 6.92 Å². The van der Waals surface area contributed by atoms with Gasteiger partial charge in [-0.25, -0.2) is 4.68 Å². The first-order chi connectivity index (χ1) is 6.29. The predicted molar refractivity (Wildman–Crippen MR) is 50.0 cm³/mol. The van der Waals surface area contributed by atoms with Crippen molar-refractivity contribution < 1.29 is 5.11 Å². The summed E-state index contributed by atoms with van der Waals surface area (Å²) in [6.07, 6.45) is 1.45. The zero-order chi connectivity index (χ0) is 9.26. The molecule has 1 aromatic heterocycles. The predicted octanol–water partition coefficient (Wildman–Crippen LogP) is 1.89. The van der Waals surface area contributed by atoms with Gasteiger partial charge in [0.05, 0.1) is 17.6 Å². The maximum absolute atomic E-state index is 9.32. The summed E-state index contributed by atoms with van der Waals surface area (Å²) in [4.78, 5) is 0. The van der Waals surface area contributed by atoms with E-state index in [9.17, 15) is 5.11 Å². The van der Waals surface area contributed by atoms with Crippen molar-refractivity contribution in [3.05, 3.63) is 42.2 Å². The molecule has 13 heavy (non-hydrogen) atoms. The van der Waals surface area contributed by atoms with Crippen molar-refractivity contribution in [2.45, 2.75) is 6.92 Å². The Morgan fingerprint density at radius 1 is 1.23 bits per heavy atom. The number of aromatic nitrogens is 2. The standard InChI is InChI=1S/C10H10N2O/c1-8-10(13)7-11-12(8)9-5-3-2-4-6-9/h2-7,13H,1H3. The maximum Gasteiger partial charge on any atom is 0.156 e. The Morgan fingerprint density at radius 3 is 2.46 bits per heavy atom. The quantitative estimate of drug-likeness (QED) is 0.716. The third-order valence-electron chi connectivity index (χ3n) is 1.98. The molecular weight excluding hydrogens is 164 g/mol. The largest absolute Gasteiger partial charge is 0.504 e. The highest BCUT2D eigenvalue weighted by Crippen LogP contribution is 2.17. The van der Waals surface area contributed by atoms with Crippen LogP contribution in [0.4, 0.5) is 0 Å². The summed E-state index contributed by atoms with van der Waals surface area (Å²) in [6.45, 7) is 1.83. The first-order valence-corrected chi connectivity index (χ1v) is 4.08. The Labute approximate surface area is 76.3 Å². The van der Waals surface area contributed by atoms with Gasteiger partial charge in [0.25, 0.3) is 0 Å². The van der Waals surface area contributed by atoms with E-state index in [4.69, 9.17) is 0 Å². The molecule has 2 aromatic rings. The van der Waals surface area contributed by atoms with Crippen LogP contribution in [-0.2, 0) is 0 Å². The molecule has 0 saturated heterocycles. The molecule has 1 aromatic carbocycles. The van der Waals surface area contributed by atoms with E-state index in [1.807, 2.05) is 37.3 Å². The first kappa shape index (κ1) is 7.86. The zero-order valence-corrected chi connectivity index (χ0v) is 7.31. The van der Waals surface area contributed by atoms with Crippen LogP contribution >= 0.6 is 0 Å². The third kappa shape index (κ3) is 1.28. The van der Waals surface area contributed by atoms with E-state index >= 15 is 0 Å². The molecule has 0 bridgehead atoms. The molecule has 66 valence electrons. The van der Waals surface area contributed by atoms with Crippen molar-refractivity contribution in [2.75, 3.05) is 0 Å². The Balaban J connectivity index is 2.53.